The molecule has 1 heterocycles. The molecule has 3 nitrogen and oxygen atoms in total. The van der Waals surface area contributed by atoms with Gasteiger partial charge in [-0.25, -0.2) is 0 Å². The van der Waals surface area contributed by atoms with Gasteiger partial charge in [0, 0.05) is 6.04 Å². The standard InChI is InChI=1S/C14H25NO2/c1-14(2,3)10-5-6-11-9(7-10)8-12(13(16)17)15(11)4/h9-12H,5-8H2,1-4H3,(H,16,17). The Morgan fingerprint density at radius 2 is 1.88 bits per heavy atom. The number of carbonyl (C=O) groups is 1. The van der Waals surface area contributed by atoms with Gasteiger partial charge in [-0.15, -0.1) is 0 Å². The van der Waals surface area contributed by atoms with Crippen LogP contribution >= 0.6 is 0 Å². The van der Waals surface area contributed by atoms with E-state index < -0.39 is 5.97 Å². The molecule has 1 saturated carbocycles. The Bertz CT molecular complexity index is 308. The van der Waals surface area contributed by atoms with E-state index in [4.69, 9.17) is 0 Å². The molecule has 3 heteroatoms. The normalized spacial score (nSPS) is 39.1. The molecule has 1 N–H and O–H groups in total. The summed E-state index contributed by atoms with van der Waals surface area (Å²) in [5.74, 6) is 0.706. The highest BCUT2D eigenvalue weighted by atomic mass is 16.4. The van der Waals surface area contributed by atoms with Crippen LogP contribution in [0.25, 0.3) is 0 Å². The number of nitrogens with zero attached hydrogens (tertiary/aromatic N) is 1. The molecule has 1 aliphatic carbocycles. The molecule has 0 amide bonds. The SMILES string of the molecule is CN1C(C(=O)O)CC2CC(C(C)(C)C)CCC21. The van der Waals surface area contributed by atoms with E-state index in [0.29, 0.717) is 17.4 Å². The first kappa shape index (κ1) is 12.9. The number of aliphatic carboxylic acids is 1. The highest BCUT2D eigenvalue weighted by Gasteiger charge is 2.46. The zero-order valence-electron chi connectivity index (χ0n) is 11.4. The molecule has 0 aromatic heterocycles. The molecule has 0 aromatic rings. The molecule has 98 valence electrons. The zero-order valence-corrected chi connectivity index (χ0v) is 11.4. The first-order valence-electron chi connectivity index (χ1n) is 6.75. The molecule has 2 fully saturated rings. The number of likely N-dealkylation sites (N-methyl/N-ethyl adjacent to an activating group) is 1. The lowest BCUT2D eigenvalue weighted by Crippen LogP contribution is -2.41. The third-order valence-corrected chi connectivity index (χ3v) is 4.99. The maximum Gasteiger partial charge on any atom is 0.320 e. The molecule has 0 aromatic carbocycles. The third kappa shape index (κ3) is 2.35. The monoisotopic (exact) mass is 239 g/mol. The predicted octanol–water partition coefficient (Wildman–Crippen LogP) is 2.61. The van der Waals surface area contributed by atoms with Gasteiger partial charge in [0.1, 0.15) is 6.04 Å². The van der Waals surface area contributed by atoms with Gasteiger partial charge in [-0.2, -0.15) is 0 Å². The zero-order chi connectivity index (χ0) is 12.8. The van der Waals surface area contributed by atoms with E-state index in [2.05, 4.69) is 25.7 Å². The average molecular weight is 239 g/mol. The van der Waals surface area contributed by atoms with Crippen molar-refractivity contribution in [2.45, 2.75) is 58.5 Å². The van der Waals surface area contributed by atoms with Crippen LogP contribution in [0, 0.1) is 17.3 Å². The van der Waals surface area contributed by atoms with Gasteiger partial charge in [0.25, 0.3) is 0 Å². The van der Waals surface area contributed by atoms with E-state index >= 15 is 0 Å². The maximum atomic E-state index is 11.2. The fraction of sp³-hybridized carbons (Fsp3) is 0.929. The summed E-state index contributed by atoms with van der Waals surface area (Å²) in [5, 5.41) is 9.21. The minimum absolute atomic E-state index is 0.247. The molecule has 2 rings (SSSR count). The summed E-state index contributed by atoms with van der Waals surface area (Å²) >= 11 is 0. The molecule has 4 unspecified atom stereocenters. The Hall–Kier alpha value is -0.570. The lowest BCUT2D eigenvalue weighted by Gasteiger charge is -2.40. The van der Waals surface area contributed by atoms with Gasteiger partial charge >= 0.3 is 5.97 Å². The smallest absolute Gasteiger partial charge is 0.320 e. The van der Waals surface area contributed by atoms with Crippen molar-refractivity contribution >= 4 is 5.97 Å². The van der Waals surface area contributed by atoms with Gasteiger partial charge in [0.05, 0.1) is 0 Å². The van der Waals surface area contributed by atoms with Crippen molar-refractivity contribution in [3.05, 3.63) is 0 Å². The van der Waals surface area contributed by atoms with E-state index in [1.165, 1.54) is 19.3 Å². The van der Waals surface area contributed by atoms with Crippen molar-refractivity contribution < 1.29 is 9.90 Å². The van der Waals surface area contributed by atoms with Crippen molar-refractivity contribution in [2.24, 2.45) is 17.3 Å². The van der Waals surface area contributed by atoms with Crippen LogP contribution in [-0.2, 0) is 4.79 Å². The second-order valence-electron chi connectivity index (χ2n) is 6.96. The minimum atomic E-state index is -0.644. The van der Waals surface area contributed by atoms with Crippen LogP contribution < -0.4 is 0 Å². The van der Waals surface area contributed by atoms with Crippen molar-refractivity contribution in [3.8, 4) is 0 Å². The summed E-state index contributed by atoms with van der Waals surface area (Å²) < 4.78 is 0. The summed E-state index contributed by atoms with van der Waals surface area (Å²) in [5.41, 5.74) is 0.366. The molecule has 4 atom stereocenters. The Labute approximate surface area is 104 Å². The fourth-order valence-electron chi connectivity index (χ4n) is 3.78. The summed E-state index contributed by atoms with van der Waals surface area (Å²) in [7, 11) is 1.99. The van der Waals surface area contributed by atoms with Gasteiger partial charge in [-0.3, -0.25) is 9.69 Å². The number of hydrogen-bond acceptors (Lipinski definition) is 2. The van der Waals surface area contributed by atoms with Gasteiger partial charge in [0.15, 0.2) is 0 Å². The Morgan fingerprint density at radius 3 is 2.41 bits per heavy atom. The number of likely N-dealkylation sites (tertiary alicyclic amines) is 1. The van der Waals surface area contributed by atoms with Crippen molar-refractivity contribution in [1.29, 1.82) is 0 Å². The molecule has 1 aliphatic heterocycles. The quantitative estimate of drug-likeness (QED) is 0.764. The second kappa shape index (κ2) is 4.27. The number of rotatable bonds is 1. The lowest BCUT2D eigenvalue weighted by molar-refractivity contribution is -0.142. The van der Waals surface area contributed by atoms with Crippen molar-refractivity contribution in [2.75, 3.05) is 7.05 Å². The molecular formula is C14H25NO2. The topological polar surface area (TPSA) is 40.5 Å². The van der Waals surface area contributed by atoms with E-state index in [0.717, 1.165) is 12.3 Å². The predicted molar refractivity (Wildman–Crippen MR) is 67.9 cm³/mol. The average Bonchev–Trinajstić information content (AvgIpc) is 2.54. The van der Waals surface area contributed by atoms with Crippen LogP contribution in [0.2, 0.25) is 0 Å². The molecule has 0 bridgehead atoms. The number of carboxylic acid groups (broad SMARTS) is 1. The summed E-state index contributed by atoms with van der Waals surface area (Å²) in [6, 6.07) is 0.262. The number of carboxylic acids is 1. The molecule has 0 spiro atoms. The van der Waals surface area contributed by atoms with Crippen molar-refractivity contribution in [1.82, 2.24) is 4.90 Å². The highest BCUT2D eigenvalue weighted by molar-refractivity contribution is 5.74. The molecule has 17 heavy (non-hydrogen) atoms. The van der Waals surface area contributed by atoms with Gasteiger partial charge < -0.3 is 5.11 Å². The second-order valence-corrected chi connectivity index (χ2v) is 6.96. The van der Waals surface area contributed by atoms with Crippen LogP contribution in [-0.4, -0.2) is 35.1 Å². The van der Waals surface area contributed by atoms with Gasteiger partial charge in [0.2, 0.25) is 0 Å². The third-order valence-electron chi connectivity index (χ3n) is 4.99. The van der Waals surface area contributed by atoms with E-state index in [1.54, 1.807) is 0 Å². The lowest BCUT2D eigenvalue weighted by atomic mass is 9.67. The van der Waals surface area contributed by atoms with E-state index in [-0.39, 0.29) is 6.04 Å². The fourth-order valence-corrected chi connectivity index (χ4v) is 3.78. The van der Waals surface area contributed by atoms with Crippen LogP contribution in [0.3, 0.4) is 0 Å². The summed E-state index contributed by atoms with van der Waals surface area (Å²) in [4.78, 5) is 13.3. The largest absolute Gasteiger partial charge is 0.480 e. The maximum absolute atomic E-state index is 11.2. The number of hydrogen-bond donors (Lipinski definition) is 1. The van der Waals surface area contributed by atoms with Gasteiger partial charge in [-0.1, -0.05) is 20.8 Å². The van der Waals surface area contributed by atoms with Gasteiger partial charge in [-0.05, 0) is 50.0 Å². The number of fused-ring (bicyclic) bond motifs is 1. The molecule has 0 radical (unpaired) electrons. The Kier molecular flexibility index (Phi) is 3.23. The van der Waals surface area contributed by atoms with E-state index in [9.17, 15) is 9.90 Å². The van der Waals surface area contributed by atoms with Crippen LogP contribution in [0.4, 0.5) is 0 Å². The Balaban J connectivity index is 2.06. The first-order valence-corrected chi connectivity index (χ1v) is 6.75. The first-order chi connectivity index (χ1) is 7.80. The molecule has 2 aliphatic rings. The molecule has 1 saturated heterocycles. The molecular weight excluding hydrogens is 214 g/mol. The Morgan fingerprint density at radius 1 is 1.24 bits per heavy atom. The van der Waals surface area contributed by atoms with E-state index in [1.807, 2.05) is 7.05 Å². The minimum Gasteiger partial charge on any atom is -0.480 e. The highest BCUT2D eigenvalue weighted by Crippen LogP contribution is 2.46. The van der Waals surface area contributed by atoms with Crippen LogP contribution in [0.15, 0.2) is 0 Å². The van der Waals surface area contributed by atoms with Crippen LogP contribution in [0.1, 0.15) is 46.5 Å². The van der Waals surface area contributed by atoms with Crippen LogP contribution in [0.5, 0.6) is 0 Å². The summed E-state index contributed by atoms with van der Waals surface area (Å²) in [6.45, 7) is 6.93. The van der Waals surface area contributed by atoms with Crippen molar-refractivity contribution in [3.63, 3.8) is 0 Å². The summed E-state index contributed by atoms with van der Waals surface area (Å²) in [6.07, 6.45) is 4.49.